The van der Waals surface area contributed by atoms with Crippen LogP contribution in [-0.2, 0) is 0 Å². The Hall–Kier alpha value is -0.340. The molecule has 1 heterocycles. The van der Waals surface area contributed by atoms with Crippen LogP contribution in [0.2, 0.25) is 0 Å². The second-order valence-corrected chi connectivity index (χ2v) is 4.61. The van der Waals surface area contributed by atoms with Gasteiger partial charge in [-0.1, -0.05) is 13.5 Å². The van der Waals surface area contributed by atoms with Crippen LogP contribution < -0.4 is 5.32 Å². The highest BCUT2D eigenvalue weighted by molar-refractivity contribution is 5.01. The van der Waals surface area contributed by atoms with Crippen molar-refractivity contribution in [2.24, 2.45) is 5.92 Å². The van der Waals surface area contributed by atoms with E-state index in [-0.39, 0.29) is 0 Å². The number of nitrogens with one attached hydrogen (secondary N) is 1. The van der Waals surface area contributed by atoms with Crippen LogP contribution >= 0.6 is 0 Å². The standard InChI is InChI=1S/C12H24N2/c1-10(8-13-4)9-14-7-5-6-11(2)12(14)3/h11-13H,1,5-9H2,2-4H3. The number of rotatable bonds is 4. The van der Waals surface area contributed by atoms with Gasteiger partial charge in [0.15, 0.2) is 0 Å². The zero-order valence-electron chi connectivity index (χ0n) is 9.84. The van der Waals surface area contributed by atoms with Gasteiger partial charge in [-0.05, 0) is 44.8 Å². The predicted molar refractivity (Wildman–Crippen MR) is 62.5 cm³/mol. The smallest absolute Gasteiger partial charge is 0.0205 e. The van der Waals surface area contributed by atoms with Crippen LogP contribution in [0.25, 0.3) is 0 Å². The summed E-state index contributed by atoms with van der Waals surface area (Å²) in [4.78, 5) is 2.56. The molecule has 2 heteroatoms. The number of likely N-dealkylation sites (tertiary alicyclic amines) is 1. The van der Waals surface area contributed by atoms with E-state index in [2.05, 4.69) is 30.6 Å². The van der Waals surface area contributed by atoms with Crippen molar-refractivity contribution in [3.8, 4) is 0 Å². The minimum atomic E-state index is 0.720. The molecule has 1 fully saturated rings. The molecule has 1 aliphatic heterocycles. The molecule has 0 amide bonds. The molecule has 0 aromatic carbocycles. The molecule has 2 nitrogen and oxygen atoms in total. The number of hydrogen-bond acceptors (Lipinski definition) is 2. The minimum Gasteiger partial charge on any atom is -0.316 e. The Kier molecular flexibility index (Phi) is 4.63. The van der Waals surface area contributed by atoms with E-state index in [0.717, 1.165) is 25.0 Å². The van der Waals surface area contributed by atoms with E-state index in [0.29, 0.717) is 0 Å². The van der Waals surface area contributed by atoms with Crippen molar-refractivity contribution in [3.05, 3.63) is 12.2 Å². The van der Waals surface area contributed by atoms with Gasteiger partial charge in [0.05, 0.1) is 0 Å². The number of nitrogens with zero attached hydrogens (tertiary/aromatic N) is 1. The third kappa shape index (κ3) is 3.10. The molecule has 1 aliphatic rings. The van der Waals surface area contributed by atoms with Crippen molar-refractivity contribution in [2.75, 3.05) is 26.7 Å². The van der Waals surface area contributed by atoms with E-state index in [4.69, 9.17) is 0 Å². The van der Waals surface area contributed by atoms with Gasteiger partial charge in [-0.15, -0.1) is 0 Å². The number of likely N-dealkylation sites (N-methyl/N-ethyl adjacent to an activating group) is 1. The predicted octanol–water partition coefficient (Wildman–Crippen LogP) is 1.88. The third-order valence-electron chi connectivity index (χ3n) is 3.36. The SMILES string of the molecule is C=C(CNC)CN1CCCC(C)C1C. The molecule has 2 unspecified atom stereocenters. The fraction of sp³-hybridized carbons (Fsp3) is 0.833. The molecular formula is C12H24N2. The van der Waals surface area contributed by atoms with E-state index in [1.165, 1.54) is 25.0 Å². The van der Waals surface area contributed by atoms with Gasteiger partial charge in [0.2, 0.25) is 0 Å². The fourth-order valence-corrected chi connectivity index (χ4v) is 2.24. The van der Waals surface area contributed by atoms with Crippen LogP contribution in [0, 0.1) is 5.92 Å². The molecular weight excluding hydrogens is 172 g/mol. The lowest BCUT2D eigenvalue weighted by Crippen LogP contribution is -2.43. The summed E-state index contributed by atoms with van der Waals surface area (Å²) in [5.41, 5.74) is 1.30. The van der Waals surface area contributed by atoms with Gasteiger partial charge >= 0.3 is 0 Å². The Morgan fingerprint density at radius 2 is 2.21 bits per heavy atom. The lowest BCUT2D eigenvalue weighted by atomic mass is 9.92. The van der Waals surface area contributed by atoms with Crippen LogP contribution in [0.1, 0.15) is 26.7 Å². The van der Waals surface area contributed by atoms with E-state index in [1.807, 2.05) is 7.05 Å². The molecule has 82 valence electrons. The van der Waals surface area contributed by atoms with Crippen LogP contribution in [-0.4, -0.2) is 37.6 Å². The first-order chi connectivity index (χ1) is 6.65. The van der Waals surface area contributed by atoms with E-state index < -0.39 is 0 Å². The second-order valence-electron chi connectivity index (χ2n) is 4.61. The van der Waals surface area contributed by atoms with E-state index in [9.17, 15) is 0 Å². The average Bonchev–Trinajstić information content (AvgIpc) is 2.13. The van der Waals surface area contributed by atoms with Gasteiger partial charge in [0.1, 0.15) is 0 Å². The molecule has 0 aliphatic carbocycles. The molecule has 0 saturated carbocycles. The Morgan fingerprint density at radius 3 is 2.86 bits per heavy atom. The molecule has 0 radical (unpaired) electrons. The Bertz CT molecular complexity index is 189. The quantitative estimate of drug-likeness (QED) is 0.691. The Morgan fingerprint density at radius 1 is 1.50 bits per heavy atom. The van der Waals surface area contributed by atoms with Gasteiger partial charge in [-0.25, -0.2) is 0 Å². The number of hydrogen-bond donors (Lipinski definition) is 1. The summed E-state index contributed by atoms with van der Waals surface area (Å²) in [5.74, 6) is 0.839. The lowest BCUT2D eigenvalue weighted by molar-refractivity contribution is 0.124. The first-order valence-electron chi connectivity index (χ1n) is 5.70. The molecule has 14 heavy (non-hydrogen) atoms. The highest BCUT2D eigenvalue weighted by Crippen LogP contribution is 2.22. The maximum Gasteiger partial charge on any atom is 0.0205 e. The van der Waals surface area contributed by atoms with Crippen molar-refractivity contribution in [2.45, 2.75) is 32.7 Å². The van der Waals surface area contributed by atoms with Crippen LogP contribution in [0.3, 0.4) is 0 Å². The minimum absolute atomic E-state index is 0.720. The highest BCUT2D eigenvalue weighted by atomic mass is 15.2. The summed E-state index contributed by atoms with van der Waals surface area (Å²) in [6.07, 6.45) is 2.73. The summed E-state index contributed by atoms with van der Waals surface area (Å²) in [7, 11) is 1.98. The van der Waals surface area contributed by atoms with Crippen molar-refractivity contribution in [1.29, 1.82) is 0 Å². The Labute approximate surface area is 88.4 Å². The monoisotopic (exact) mass is 196 g/mol. The van der Waals surface area contributed by atoms with E-state index >= 15 is 0 Å². The largest absolute Gasteiger partial charge is 0.316 e. The summed E-state index contributed by atoms with van der Waals surface area (Å²) in [6, 6.07) is 0.720. The lowest BCUT2D eigenvalue weighted by Gasteiger charge is -2.38. The van der Waals surface area contributed by atoms with Gasteiger partial charge in [-0.3, -0.25) is 4.90 Å². The zero-order chi connectivity index (χ0) is 10.6. The van der Waals surface area contributed by atoms with Crippen molar-refractivity contribution < 1.29 is 0 Å². The van der Waals surface area contributed by atoms with Crippen LogP contribution in [0.4, 0.5) is 0 Å². The maximum absolute atomic E-state index is 4.09. The van der Waals surface area contributed by atoms with Crippen molar-refractivity contribution in [3.63, 3.8) is 0 Å². The topological polar surface area (TPSA) is 15.3 Å². The molecule has 0 aromatic heterocycles. The fourth-order valence-electron chi connectivity index (χ4n) is 2.24. The van der Waals surface area contributed by atoms with Gasteiger partial charge in [0, 0.05) is 19.1 Å². The molecule has 2 atom stereocenters. The summed E-state index contributed by atoms with van der Waals surface area (Å²) >= 11 is 0. The van der Waals surface area contributed by atoms with Crippen molar-refractivity contribution >= 4 is 0 Å². The second kappa shape index (κ2) is 5.52. The first kappa shape index (κ1) is 11.7. The molecule has 0 aromatic rings. The van der Waals surface area contributed by atoms with Crippen LogP contribution in [0.5, 0.6) is 0 Å². The molecule has 0 bridgehead atoms. The van der Waals surface area contributed by atoms with E-state index in [1.54, 1.807) is 0 Å². The van der Waals surface area contributed by atoms with Gasteiger partial charge < -0.3 is 5.32 Å². The molecule has 1 N–H and O–H groups in total. The maximum atomic E-state index is 4.09. The third-order valence-corrected chi connectivity index (χ3v) is 3.36. The normalized spacial score (nSPS) is 29.1. The summed E-state index contributed by atoms with van der Waals surface area (Å²) < 4.78 is 0. The van der Waals surface area contributed by atoms with Gasteiger partial charge in [-0.2, -0.15) is 0 Å². The van der Waals surface area contributed by atoms with Crippen LogP contribution in [0.15, 0.2) is 12.2 Å². The van der Waals surface area contributed by atoms with Crippen molar-refractivity contribution in [1.82, 2.24) is 10.2 Å². The highest BCUT2D eigenvalue weighted by Gasteiger charge is 2.24. The molecule has 0 spiro atoms. The average molecular weight is 196 g/mol. The number of piperidine rings is 1. The Balaban J connectivity index is 2.39. The zero-order valence-corrected chi connectivity index (χ0v) is 9.84. The molecule has 1 saturated heterocycles. The summed E-state index contributed by atoms with van der Waals surface area (Å²) in [6.45, 7) is 12.0. The van der Waals surface area contributed by atoms with Gasteiger partial charge in [0.25, 0.3) is 0 Å². The molecule has 1 rings (SSSR count). The first-order valence-corrected chi connectivity index (χ1v) is 5.70. The summed E-state index contributed by atoms with van der Waals surface area (Å²) in [5, 5.41) is 3.16.